The van der Waals surface area contributed by atoms with Gasteiger partial charge in [0, 0.05) is 6.42 Å². The van der Waals surface area contributed by atoms with Crippen LogP contribution in [0.15, 0.2) is 53.3 Å². The molecule has 0 spiro atoms. The van der Waals surface area contributed by atoms with Gasteiger partial charge in [-0.3, -0.25) is 14.2 Å². The largest absolute Gasteiger partial charge is 0.506 e. The summed E-state index contributed by atoms with van der Waals surface area (Å²) in [4.78, 5) is 29.7. The molecule has 0 unspecified atom stereocenters. The first-order chi connectivity index (χ1) is 12.4. The number of aromatic hydroxyl groups is 1. The summed E-state index contributed by atoms with van der Waals surface area (Å²) in [6, 6.07) is 12.8. The Balaban J connectivity index is 2.00. The SMILES string of the molecule is C[C@@H]1C(=O)N[C@](O)(Cc2ccccc2)c2nc3c(O)cccc3c(=O)n21. The van der Waals surface area contributed by atoms with Crippen molar-refractivity contribution in [1.82, 2.24) is 14.9 Å². The lowest BCUT2D eigenvalue weighted by Crippen LogP contribution is -2.58. The number of aliphatic hydroxyl groups is 1. The van der Waals surface area contributed by atoms with E-state index in [0.29, 0.717) is 0 Å². The van der Waals surface area contributed by atoms with Crippen LogP contribution in [0.5, 0.6) is 5.75 Å². The lowest BCUT2D eigenvalue weighted by Gasteiger charge is -2.37. The molecule has 0 saturated heterocycles. The molecule has 2 aromatic carbocycles. The third-order valence-electron chi connectivity index (χ3n) is 4.68. The molecule has 1 aliphatic rings. The second kappa shape index (κ2) is 5.67. The Morgan fingerprint density at radius 1 is 1.15 bits per heavy atom. The highest BCUT2D eigenvalue weighted by Crippen LogP contribution is 2.30. The van der Waals surface area contributed by atoms with Crippen molar-refractivity contribution in [2.45, 2.75) is 25.1 Å². The first-order valence-electron chi connectivity index (χ1n) is 8.24. The second-order valence-corrected chi connectivity index (χ2v) is 6.47. The van der Waals surface area contributed by atoms with Crippen LogP contribution in [0.2, 0.25) is 0 Å². The summed E-state index contributed by atoms with van der Waals surface area (Å²) in [5.41, 5.74) is -1.48. The number of fused-ring (bicyclic) bond motifs is 2. The van der Waals surface area contributed by atoms with Gasteiger partial charge < -0.3 is 15.5 Å². The number of hydrogen-bond donors (Lipinski definition) is 3. The molecule has 0 fully saturated rings. The van der Waals surface area contributed by atoms with Crippen LogP contribution in [-0.4, -0.2) is 25.7 Å². The molecule has 0 aliphatic carbocycles. The van der Waals surface area contributed by atoms with Gasteiger partial charge in [0.1, 0.15) is 17.3 Å². The zero-order chi connectivity index (χ0) is 18.5. The Morgan fingerprint density at radius 3 is 2.62 bits per heavy atom. The van der Waals surface area contributed by atoms with Gasteiger partial charge in [-0.15, -0.1) is 0 Å². The summed E-state index contributed by atoms with van der Waals surface area (Å²) >= 11 is 0. The molecule has 3 N–H and O–H groups in total. The third kappa shape index (κ3) is 2.36. The lowest BCUT2D eigenvalue weighted by atomic mass is 9.97. The van der Waals surface area contributed by atoms with E-state index in [1.165, 1.54) is 22.8 Å². The standard InChI is InChI=1S/C19H17N3O4/c1-11-16(24)21-19(26,10-12-6-3-2-4-7-12)18-20-15-13(17(25)22(11)18)8-5-9-14(15)23/h2-9,11,23,26H,10H2,1H3,(H,21,24)/t11-,19+/m1/s1. The van der Waals surface area contributed by atoms with Gasteiger partial charge in [-0.2, -0.15) is 0 Å². The van der Waals surface area contributed by atoms with Crippen molar-refractivity contribution in [3.8, 4) is 5.75 Å². The Morgan fingerprint density at radius 2 is 1.88 bits per heavy atom. The number of para-hydroxylation sites is 1. The molecule has 132 valence electrons. The maximum absolute atomic E-state index is 12.9. The van der Waals surface area contributed by atoms with Crippen LogP contribution < -0.4 is 10.9 Å². The van der Waals surface area contributed by atoms with E-state index in [1.54, 1.807) is 6.92 Å². The van der Waals surface area contributed by atoms with Crippen molar-refractivity contribution < 1.29 is 15.0 Å². The maximum Gasteiger partial charge on any atom is 0.262 e. The van der Waals surface area contributed by atoms with Crippen LogP contribution in [0.25, 0.3) is 10.9 Å². The van der Waals surface area contributed by atoms with Crippen molar-refractivity contribution in [2.24, 2.45) is 0 Å². The molecule has 0 bridgehead atoms. The van der Waals surface area contributed by atoms with E-state index in [2.05, 4.69) is 10.3 Å². The zero-order valence-corrected chi connectivity index (χ0v) is 14.0. The maximum atomic E-state index is 12.9. The minimum Gasteiger partial charge on any atom is -0.506 e. The second-order valence-electron chi connectivity index (χ2n) is 6.47. The van der Waals surface area contributed by atoms with Crippen LogP contribution in [0.4, 0.5) is 0 Å². The van der Waals surface area contributed by atoms with Crippen LogP contribution in [0.3, 0.4) is 0 Å². The smallest absolute Gasteiger partial charge is 0.262 e. The topological polar surface area (TPSA) is 104 Å². The molecule has 2 atom stereocenters. The highest BCUT2D eigenvalue weighted by atomic mass is 16.3. The molecule has 7 heteroatoms. The summed E-state index contributed by atoms with van der Waals surface area (Å²) in [7, 11) is 0. The number of carbonyl (C=O) groups excluding carboxylic acids is 1. The molecular weight excluding hydrogens is 334 g/mol. The normalized spacial score (nSPS) is 22.1. The van der Waals surface area contributed by atoms with E-state index in [1.807, 2.05) is 30.3 Å². The van der Waals surface area contributed by atoms with E-state index < -0.39 is 23.2 Å². The Labute approximate surface area is 148 Å². The molecule has 0 saturated carbocycles. The van der Waals surface area contributed by atoms with Crippen LogP contribution in [-0.2, 0) is 16.9 Å². The third-order valence-corrected chi connectivity index (χ3v) is 4.68. The minimum absolute atomic E-state index is 0.00690. The van der Waals surface area contributed by atoms with Gasteiger partial charge in [0.2, 0.25) is 11.6 Å². The average Bonchev–Trinajstić information content (AvgIpc) is 2.61. The fourth-order valence-electron chi connectivity index (χ4n) is 3.35. The number of phenols is 1. The highest BCUT2D eigenvalue weighted by Gasteiger charge is 2.43. The number of nitrogens with zero attached hydrogens (tertiary/aromatic N) is 2. The molecule has 4 rings (SSSR count). The Bertz CT molecular complexity index is 1080. The predicted molar refractivity (Wildman–Crippen MR) is 94.6 cm³/mol. The molecule has 1 amide bonds. The van der Waals surface area contributed by atoms with Crippen molar-refractivity contribution in [2.75, 3.05) is 0 Å². The van der Waals surface area contributed by atoms with E-state index in [-0.39, 0.29) is 28.9 Å². The molecule has 26 heavy (non-hydrogen) atoms. The van der Waals surface area contributed by atoms with Crippen molar-refractivity contribution in [1.29, 1.82) is 0 Å². The Kier molecular flexibility index (Phi) is 3.55. The van der Waals surface area contributed by atoms with Gasteiger partial charge in [-0.05, 0) is 24.6 Å². The van der Waals surface area contributed by atoms with Gasteiger partial charge in [0.05, 0.1) is 5.39 Å². The summed E-state index contributed by atoms with van der Waals surface area (Å²) < 4.78 is 1.20. The van der Waals surface area contributed by atoms with Gasteiger partial charge in [-0.1, -0.05) is 36.4 Å². The molecule has 3 aromatic rings. The van der Waals surface area contributed by atoms with Crippen molar-refractivity contribution in [3.63, 3.8) is 0 Å². The van der Waals surface area contributed by atoms with E-state index in [0.717, 1.165) is 5.56 Å². The first-order valence-corrected chi connectivity index (χ1v) is 8.24. The highest BCUT2D eigenvalue weighted by molar-refractivity contribution is 5.86. The van der Waals surface area contributed by atoms with Gasteiger partial charge in [0.25, 0.3) is 5.56 Å². The van der Waals surface area contributed by atoms with E-state index in [9.17, 15) is 19.8 Å². The zero-order valence-electron chi connectivity index (χ0n) is 14.0. The molecule has 0 radical (unpaired) electrons. The summed E-state index contributed by atoms with van der Waals surface area (Å²) in [5.74, 6) is -0.624. The molecular formula is C19H17N3O4. The van der Waals surface area contributed by atoms with Crippen molar-refractivity contribution in [3.05, 3.63) is 70.3 Å². The fourth-order valence-corrected chi connectivity index (χ4v) is 3.35. The quantitative estimate of drug-likeness (QED) is 0.643. The number of aromatic nitrogens is 2. The fraction of sp³-hybridized carbons (Fsp3) is 0.211. The van der Waals surface area contributed by atoms with Crippen LogP contribution in [0, 0.1) is 0 Å². The number of hydrogen-bond acceptors (Lipinski definition) is 5. The molecule has 2 heterocycles. The monoisotopic (exact) mass is 351 g/mol. The lowest BCUT2D eigenvalue weighted by molar-refractivity contribution is -0.137. The number of benzene rings is 2. The van der Waals surface area contributed by atoms with Crippen LogP contribution in [0.1, 0.15) is 24.4 Å². The summed E-state index contributed by atoms with van der Waals surface area (Å²) in [6.07, 6.45) is 0.0395. The van der Waals surface area contributed by atoms with E-state index in [4.69, 9.17) is 0 Å². The number of rotatable bonds is 2. The predicted octanol–water partition coefficient (Wildman–Crippen LogP) is 1.18. The number of phenolic OH excluding ortho intramolecular Hbond substituents is 1. The van der Waals surface area contributed by atoms with Gasteiger partial charge >= 0.3 is 0 Å². The molecule has 1 aromatic heterocycles. The van der Waals surface area contributed by atoms with Crippen LogP contribution >= 0.6 is 0 Å². The summed E-state index contributed by atoms with van der Waals surface area (Å²) in [5, 5.41) is 24.1. The average molecular weight is 351 g/mol. The number of carbonyl (C=O) groups is 1. The molecule has 7 nitrogen and oxygen atoms in total. The molecule has 1 aliphatic heterocycles. The summed E-state index contributed by atoms with van der Waals surface area (Å²) in [6.45, 7) is 1.57. The first kappa shape index (κ1) is 16.3. The number of nitrogens with one attached hydrogen (secondary N) is 1. The van der Waals surface area contributed by atoms with Gasteiger partial charge in [-0.25, -0.2) is 4.98 Å². The van der Waals surface area contributed by atoms with Crippen molar-refractivity contribution >= 4 is 16.8 Å². The Hall–Kier alpha value is -3.19. The number of amides is 1. The van der Waals surface area contributed by atoms with E-state index >= 15 is 0 Å². The minimum atomic E-state index is -1.86. The van der Waals surface area contributed by atoms with Gasteiger partial charge in [0.15, 0.2) is 5.82 Å².